The van der Waals surface area contributed by atoms with Gasteiger partial charge in [0, 0.05) is 17.9 Å². The molecular weight excluding hydrogens is 286 g/mol. The number of hydrogen-bond donors (Lipinski definition) is 1. The Balaban J connectivity index is 1.87. The van der Waals surface area contributed by atoms with E-state index in [-0.39, 0.29) is 12.5 Å². The number of amides is 3. The second kappa shape index (κ2) is 5.32. The molecule has 0 radical (unpaired) electrons. The number of fused-ring (bicyclic) bond motifs is 1. The summed E-state index contributed by atoms with van der Waals surface area (Å²) in [7, 11) is 0. The Morgan fingerprint density at radius 2 is 2.18 bits per heavy atom. The molecule has 0 saturated carbocycles. The second-order valence-corrected chi connectivity index (χ2v) is 5.42. The third-order valence-corrected chi connectivity index (χ3v) is 3.88. The van der Waals surface area contributed by atoms with Crippen molar-refractivity contribution in [2.45, 2.75) is 25.9 Å². The molecule has 2 aliphatic heterocycles. The Hall–Kier alpha value is -2.57. The predicted molar refractivity (Wildman–Crippen MR) is 79.6 cm³/mol. The zero-order chi connectivity index (χ0) is 15.9. The molecule has 1 aromatic rings. The van der Waals surface area contributed by atoms with E-state index in [1.807, 2.05) is 13.0 Å². The first kappa shape index (κ1) is 14.4. The molecule has 7 nitrogen and oxygen atoms in total. The Kier molecular flexibility index (Phi) is 3.48. The van der Waals surface area contributed by atoms with E-state index < -0.39 is 18.1 Å². The van der Waals surface area contributed by atoms with E-state index in [0.29, 0.717) is 18.7 Å². The van der Waals surface area contributed by atoms with Crippen molar-refractivity contribution in [1.82, 2.24) is 0 Å². The fourth-order valence-electron chi connectivity index (χ4n) is 2.83. The topological polar surface area (TPSA) is 92.9 Å². The number of nitrogens with zero attached hydrogens (tertiary/aromatic N) is 2. The average Bonchev–Trinajstić information content (AvgIpc) is 3.00. The van der Waals surface area contributed by atoms with Crippen LogP contribution >= 0.6 is 0 Å². The summed E-state index contributed by atoms with van der Waals surface area (Å²) in [5, 5.41) is 0. The Bertz CT molecular complexity index is 658. The maximum Gasteiger partial charge on any atom is 0.415 e. The predicted octanol–water partition coefficient (Wildman–Crippen LogP) is 0.796. The number of anilines is 2. The highest BCUT2D eigenvalue weighted by atomic mass is 16.6. The third-order valence-electron chi connectivity index (χ3n) is 3.88. The average molecular weight is 303 g/mol. The SMILES string of the molecule is CCCN1C(=O)Cc2cc(N3CC(C(N)=O)OC3=O)ccc21. The van der Waals surface area contributed by atoms with Gasteiger partial charge in [-0.05, 0) is 30.2 Å². The van der Waals surface area contributed by atoms with Crippen molar-refractivity contribution in [3.8, 4) is 0 Å². The molecule has 7 heteroatoms. The summed E-state index contributed by atoms with van der Waals surface area (Å²) in [6.45, 7) is 2.80. The maximum atomic E-state index is 12.0. The lowest BCUT2D eigenvalue weighted by molar-refractivity contribution is -0.124. The van der Waals surface area contributed by atoms with Crippen LogP contribution in [0.25, 0.3) is 0 Å². The van der Waals surface area contributed by atoms with Crippen molar-refractivity contribution in [2.75, 3.05) is 22.9 Å². The molecule has 1 atom stereocenters. The van der Waals surface area contributed by atoms with Gasteiger partial charge in [0.2, 0.25) is 5.91 Å². The van der Waals surface area contributed by atoms with Gasteiger partial charge in [0.1, 0.15) is 0 Å². The van der Waals surface area contributed by atoms with Gasteiger partial charge >= 0.3 is 6.09 Å². The lowest BCUT2D eigenvalue weighted by Gasteiger charge is -2.18. The van der Waals surface area contributed by atoms with Crippen LogP contribution in [-0.2, 0) is 20.7 Å². The van der Waals surface area contributed by atoms with E-state index in [0.717, 1.165) is 17.7 Å². The fourth-order valence-corrected chi connectivity index (χ4v) is 2.83. The summed E-state index contributed by atoms with van der Waals surface area (Å²) < 4.78 is 4.93. The number of hydrogen-bond acceptors (Lipinski definition) is 4. The van der Waals surface area contributed by atoms with E-state index >= 15 is 0 Å². The molecule has 1 fully saturated rings. The largest absolute Gasteiger partial charge is 0.434 e. The van der Waals surface area contributed by atoms with E-state index in [4.69, 9.17) is 10.5 Å². The van der Waals surface area contributed by atoms with Crippen molar-refractivity contribution in [1.29, 1.82) is 0 Å². The van der Waals surface area contributed by atoms with Crippen LogP contribution < -0.4 is 15.5 Å². The first-order chi connectivity index (χ1) is 10.5. The normalized spacial score (nSPS) is 20.3. The van der Waals surface area contributed by atoms with Crippen LogP contribution in [0.3, 0.4) is 0 Å². The molecule has 2 heterocycles. The number of cyclic esters (lactones) is 1. The minimum Gasteiger partial charge on any atom is -0.434 e. The van der Waals surface area contributed by atoms with E-state index in [2.05, 4.69) is 0 Å². The smallest absolute Gasteiger partial charge is 0.415 e. The monoisotopic (exact) mass is 303 g/mol. The van der Waals surface area contributed by atoms with Crippen LogP contribution in [0.5, 0.6) is 0 Å². The molecule has 2 N–H and O–H groups in total. The minimum absolute atomic E-state index is 0.0630. The number of primary amides is 1. The standard InChI is InChI=1S/C15H17N3O4/c1-2-5-17-11-4-3-10(6-9(11)7-13(17)19)18-8-12(14(16)20)22-15(18)21/h3-4,6,12H,2,5,7-8H2,1H3,(H2,16,20). The molecule has 0 aromatic heterocycles. The number of benzene rings is 1. The molecule has 0 bridgehead atoms. The zero-order valence-corrected chi connectivity index (χ0v) is 12.2. The summed E-state index contributed by atoms with van der Waals surface area (Å²) >= 11 is 0. The quantitative estimate of drug-likeness (QED) is 0.890. The van der Waals surface area contributed by atoms with E-state index in [1.165, 1.54) is 4.90 Å². The van der Waals surface area contributed by atoms with Crippen molar-refractivity contribution in [2.24, 2.45) is 5.73 Å². The Morgan fingerprint density at radius 1 is 1.41 bits per heavy atom. The van der Waals surface area contributed by atoms with Crippen molar-refractivity contribution in [3.63, 3.8) is 0 Å². The number of nitrogens with two attached hydrogens (primary N) is 1. The summed E-state index contributed by atoms with van der Waals surface area (Å²) in [5.74, 6) is -0.602. The van der Waals surface area contributed by atoms with Crippen LogP contribution in [0.1, 0.15) is 18.9 Å². The van der Waals surface area contributed by atoms with Gasteiger partial charge in [-0.1, -0.05) is 6.92 Å². The highest BCUT2D eigenvalue weighted by Gasteiger charge is 2.36. The van der Waals surface area contributed by atoms with Crippen molar-refractivity contribution in [3.05, 3.63) is 23.8 Å². The molecule has 1 saturated heterocycles. The van der Waals surface area contributed by atoms with Crippen LogP contribution in [-0.4, -0.2) is 37.1 Å². The molecule has 116 valence electrons. The summed E-state index contributed by atoms with van der Waals surface area (Å²) in [4.78, 5) is 38.1. The molecule has 0 aliphatic carbocycles. The first-order valence-corrected chi connectivity index (χ1v) is 7.22. The molecule has 22 heavy (non-hydrogen) atoms. The van der Waals surface area contributed by atoms with Gasteiger partial charge in [0.25, 0.3) is 5.91 Å². The molecule has 0 spiro atoms. The van der Waals surface area contributed by atoms with Gasteiger partial charge in [-0.3, -0.25) is 14.5 Å². The van der Waals surface area contributed by atoms with Gasteiger partial charge in [0.05, 0.1) is 13.0 Å². The maximum absolute atomic E-state index is 12.0. The minimum atomic E-state index is -0.932. The lowest BCUT2D eigenvalue weighted by Crippen LogP contribution is -2.32. The summed E-state index contributed by atoms with van der Waals surface area (Å²) in [6, 6.07) is 5.38. The molecule has 1 aromatic carbocycles. The number of ether oxygens (including phenoxy) is 1. The Morgan fingerprint density at radius 3 is 2.82 bits per heavy atom. The Labute approximate surface area is 127 Å². The fraction of sp³-hybridized carbons (Fsp3) is 0.400. The van der Waals surface area contributed by atoms with Gasteiger partial charge in [-0.15, -0.1) is 0 Å². The molecule has 1 unspecified atom stereocenters. The molecule has 3 amide bonds. The first-order valence-electron chi connectivity index (χ1n) is 7.22. The van der Waals surface area contributed by atoms with Gasteiger partial charge in [-0.2, -0.15) is 0 Å². The van der Waals surface area contributed by atoms with E-state index in [1.54, 1.807) is 17.0 Å². The number of carbonyl (C=O) groups excluding carboxylic acids is 3. The second-order valence-electron chi connectivity index (χ2n) is 5.42. The van der Waals surface area contributed by atoms with Gasteiger partial charge < -0.3 is 15.4 Å². The van der Waals surface area contributed by atoms with Crippen molar-refractivity contribution < 1.29 is 19.1 Å². The highest BCUT2D eigenvalue weighted by molar-refractivity contribution is 6.02. The van der Waals surface area contributed by atoms with E-state index in [9.17, 15) is 14.4 Å². The molecule has 3 rings (SSSR count). The number of rotatable bonds is 4. The van der Waals surface area contributed by atoms with Crippen LogP contribution in [0.4, 0.5) is 16.2 Å². The summed E-state index contributed by atoms with van der Waals surface area (Å²) in [6.07, 6.45) is -0.325. The van der Waals surface area contributed by atoms with Crippen LogP contribution in [0.2, 0.25) is 0 Å². The number of carbonyl (C=O) groups is 3. The van der Waals surface area contributed by atoms with Crippen LogP contribution in [0.15, 0.2) is 18.2 Å². The van der Waals surface area contributed by atoms with Crippen LogP contribution in [0, 0.1) is 0 Å². The van der Waals surface area contributed by atoms with Gasteiger partial charge in [-0.25, -0.2) is 4.79 Å². The van der Waals surface area contributed by atoms with Gasteiger partial charge in [0.15, 0.2) is 6.10 Å². The molecular formula is C15H17N3O4. The summed E-state index contributed by atoms with van der Waals surface area (Å²) in [5.41, 5.74) is 7.54. The lowest BCUT2D eigenvalue weighted by atomic mass is 10.1. The highest BCUT2D eigenvalue weighted by Crippen LogP contribution is 2.33. The zero-order valence-electron chi connectivity index (χ0n) is 12.2. The van der Waals surface area contributed by atoms with Crippen molar-refractivity contribution >= 4 is 29.3 Å². The third kappa shape index (κ3) is 2.28. The molecule has 2 aliphatic rings.